The van der Waals surface area contributed by atoms with Gasteiger partial charge in [0.15, 0.2) is 0 Å². The molecule has 0 N–H and O–H groups in total. The van der Waals surface area contributed by atoms with Gasteiger partial charge in [-0.15, -0.1) is 0 Å². The normalized spacial score (nSPS) is 10.2. The Labute approximate surface area is 74.8 Å². The van der Waals surface area contributed by atoms with Crippen LogP contribution in [0.15, 0.2) is 36.4 Å². The predicted molar refractivity (Wildman–Crippen MR) is 48.3 cm³/mol. The van der Waals surface area contributed by atoms with E-state index in [9.17, 15) is 10.0 Å². The highest BCUT2D eigenvalue weighted by molar-refractivity contribution is 5.79. The van der Waals surface area contributed by atoms with Crippen LogP contribution in [0.1, 0.15) is 10.5 Å². The Morgan fingerprint density at radius 3 is 2.69 bits per heavy atom. The topological polar surface area (TPSA) is 44.0 Å². The molecular formula is C10H7NO2. The molecule has 3 nitrogen and oxygen atoms in total. The van der Waals surface area contributed by atoms with Crippen molar-refractivity contribution in [2.24, 2.45) is 0 Å². The zero-order valence-corrected chi connectivity index (χ0v) is 6.81. The van der Waals surface area contributed by atoms with Crippen molar-refractivity contribution in [1.82, 2.24) is 0 Å². The number of aromatic nitrogens is 1. The molecule has 2 rings (SSSR count). The summed E-state index contributed by atoms with van der Waals surface area (Å²) in [6, 6.07) is 10.4. The van der Waals surface area contributed by atoms with Gasteiger partial charge in [-0.3, -0.25) is 4.79 Å². The Kier molecular flexibility index (Phi) is 1.70. The van der Waals surface area contributed by atoms with Crippen LogP contribution in [-0.4, -0.2) is 6.29 Å². The summed E-state index contributed by atoms with van der Waals surface area (Å²) < 4.78 is 0.641. The van der Waals surface area contributed by atoms with E-state index in [0.717, 1.165) is 5.39 Å². The van der Waals surface area contributed by atoms with Crippen LogP contribution in [0, 0.1) is 5.21 Å². The molecule has 0 aliphatic heterocycles. The number of carbonyl (C=O) groups is 1. The first-order valence-electron chi connectivity index (χ1n) is 3.89. The number of benzene rings is 1. The summed E-state index contributed by atoms with van der Waals surface area (Å²) in [6.07, 6.45) is 0.555. The van der Waals surface area contributed by atoms with E-state index in [2.05, 4.69) is 0 Å². The Bertz CT molecular complexity index is 465. The summed E-state index contributed by atoms with van der Waals surface area (Å²) in [5, 5.41) is 12.3. The molecule has 0 atom stereocenters. The lowest BCUT2D eigenvalue weighted by Crippen LogP contribution is -2.32. The lowest BCUT2D eigenvalue weighted by molar-refractivity contribution is -0.578. The summed E-state index contributed by atoms with van der Waals surface area (Å²) in [5.74, 6) is 0. The van der Waals surface area contributed by atoms with Crippen LogP contribution in [0.5, 0.6) is 0 Å². The number of hydrogen-bond donors (Lipinski definition) is 0. The number of nitrogens with zero attached hydrogens (tertiary/aromatic N) is 1. The Balaban J connectivity index is 2.86. The quantitative estimate of drug-likeness (QED) is 0.370. The number of carbonyl (C=O) groups excluding carboxylic acids is 1. The maximum Gasteiger partial charge on any atom is 0.257 e. The standard InChI is InChI=1S/C10H7NO2/c12-7-9-6-5-8-3-1-2-4-10(8)11(9)13/h1-7H. The molecule has 0 bridgehead atoms. The van der Waals surface area contributed by atoms with E-state index in [1.807, 2.05) is 12.1 Å². The molecule has 0 spiro atoms. The minimum absolute atomic E-state index is 0.138. The first kappa shape index (κ1) is 7.73. The van der Waals surface area contributed by atoms with Gasteiger partial charge in [0.2, 0.25) is 11.8 Å². The van der Waals surface area contributed by atoms with E-state index in [-0.39, 0.29) is 5.69 Å². The number of para-hydroxylation sites is 1. The zero-order valence-electron chi connectivity index (χ0n) is 6.81. The number of hydrogen-bond acceptors (Lipinski definition) is 2. The van der Waals surface area contributed by atoms with Crippen LogP contribution >= 0.6 is 0 Å². The molecule has 0 fully saturated rings. The van der Waals surface area contributed by atoms with Crippen molar-refractivity contribution in [3.8, 4) is 0 Å². The van der Waals surface area contributed by atoms with Crippen LogP contribution < -0.4 is 4.73 Å². The highest BCUT2D eigenvalue weighted by Gasteiger charge is 2.07. The summed E-state index contributed by atoms with van der Waals surface area (Å²) in [7, 11) is 0. The first-order chi connectivity index (χ1) is 6.33. The Morgan fingerprint density at radius 1 is 1.15 bits per heavy atom. The molecule has 1 aromatic heterocycles. The largest absolute Gasteiger partial charge is 0.618 e. The molecule has 1 aromatic carbocycles. The van der Waals surface area contributed by atoms with Gasteiger partial charge in [0.25, 0.3) is 5.69 Å². The smallest absolute Gasteiger partial charge is 0.257 e. The van der Waals surface area contributed by atoms with Gasteiger partial charge in [0.1, 0.15) is 0 Å². The van der Waals surface area contributed by atoms with Crippen LogP contribution in [0.2, 0.25) is 0 Å². The molecular weight excluding hydrogens is 166 g/mol. The van der Waals surface area contributed by atoms with E-state index in [4.69, 9.17) is 0 Å². The van der Waals surface area contributed by atoms with E-state index in [1.165, 1.54) is 6.07 Å². The van der Waals surface area contributed by atoms with Crippen LogP contribution in [0.3, 0.4) is 0 Å². The van der Waals surface area contributed by atoms with Crippen LogP contribution in [0.4, 0.5) is 0 Å². The number of fused-ring (bicyclic) bond motifs is 1. The molecule has 0 amide bonds. The van der Waals surface area contributed by atoms with Crippen molar-refractivity contribution >= 4 is 17.2 Å². The van der Waals surface area contributed by atoms with Crippen molar-refractivity contribution in [3.63, 3.8) is 0 Å². The molecule has 0 aliphatic carbocycles. The van der Waals surface area contributed by atoms with Crippen molar-refractivity contribution in [1.29, 1.82) is 0 Å². The molecule has 0 saturated heterocycles. The van der Waals surface area contributed by atoms with Gasteiger partial charge in [-0.2, -0.15) is 4.73 Å². The molecule has 3 heteroatoms. The van der Waals surface area contributed by atoms with Crippen LogP contribution in [-0.2, 0) is 0 Å². The fourth-order valence-corrected chi connectivity index (χ4v) is 1.28. The fraction of sp³-hybridized carbons (Fsp3) is 0. The lowest BCUT2D eigenvalue weighted by Gasteiger charge is -2.02. The van der Waals surface area contributed by atoms with E-state index >= 15 is 0 Å². The summed E-state index contributed by atoms with van der Waals surface area (Å²) in [4.78, 5) is 10.5. The average Bonchev–Trinajstić information content (AvgIpc) is 2.19. The molecule has 0 radical (unpaired) electrons. The predicted octanol–water partition coefficient (Wildman–Crippen LogP) is 1.29. The summed E-state index contributed by atoms with van der Waals surface area (Å²) >= 11 is 0. The zero-order chi connectivity index (χ0) is 9.26. The first-order valence-corrected chi connectivity index (χ1v) is 3.89. The van der Waals surface area contributed by atoms with Gasteiger partial charge < -0.3 is 5.21 Å². The van der Waals surface area contributed by atoms with Gasteiger partial charge in [-0.05, 0) is 12.1 Å². The Hall–Kier alpha value is -1.90. The maximum absolute atomic E-state index is 11.4. The molecule has 0 unspecified atom stereocenters. The van der Waals surface area contributed by atoms with Gasteiger partial charge in [0, 0.05) is 17.5 Å². The minimum atomic E-state index is 0.138. The SMILES string of the molecule is O=Cc1ccc2ccccc2[n+]1[O-]. The molecule has 2 aromatic rings. The highest BCUT2D eigenvalue weighted by atomic mass is 16.5. The lowest BCUT2D eigenvalue weighted by atomic mass is 10.2. The molecule has 64 valence electrons. The number of pyridine rings is 1. The highest BCUT2D eigenvalue weighted by Crippen LogP contribution is 2.08. The van der Waals surface area contributed by atoms with Crippen LogP contribution in [0.25, 0.3) is 10.9 Å². The van der Waals surface area contributed by atoms with E-state index in [1.54, 1.807) is 18.2 Å². The Morgan fingerprint density at radius 2 is 1.92 bits per heavy atom. The maximum atomic E-state index is 11.4. The van der Waals surface area contributed by atoms with E-state index in [0.29, 0.717) is 16.5 Å². The molecule has 1 heterocycles. The second-order valence-corrected chi connectivity index (χ2v) is 2.73. The summed E-state index contributed by atoms with van der Waals surface area (Å²) in [6.45, 7) is 0. The van der Waals surface area contributed by atoms with Crippen molar-refractivity contribution in [3.05, 3.63) is 47.3 Å². The molecule has 0 saturated carbocycles. The van der Waals surface area contributed by atoms with Crippen molar-refractivity contribution in [2.75, 3.05) is 0 Å². The van der Waals surface area contributed by atoms with Crippen molar-refractivity contribution < 1.29 is 9.52 Å². The average molecular weight is 173 g/mol. The number of aldehydes is 1. The minimum Gasteiger partial charge on any atom is -0.618 e. The second kappa shape index (κ2) is 2.86. The van der Waals surface area contributed by atoms with Gasteiger partial charge >= 0.3 is 0 Å². The van der Waals surface area contributed by atoms with Gasteiger partial charge in [0.05, 0.1) is 0 Å². The third kappa shape index (κ3) is 1.14. The third-order valence-electron chi connectivity index (χ3n) is 1.94. The molecule has 0 aliphatic rings. The summed E-state index contributed by atoms with van der Waals surface area (Å²) in [5.41, 5.74) is 0.658. The third-order valence-corrected chi connectivity index (χ3v) is 1.94. The van der Waals surface area contributed by atoms with Crippen molar-refractivity contribution in [2.45, 2.75) is 0 Å². The number of rotatable bonds is 1. The van der Waals surface area contributed by atoms with Gasteiger partial charge in [-0.25, -0.2) is 0 Å². The second-order valence-electron chi connectivity index (χ2n) is 2.73. The monoisotopic (exact) mass is 173 g/mol. The molecule has 13 heavy (non-hydrogen) atoms. The van der Waals surface area contributed by atoms with Gasteiger partial charge in [-0.1, -0.05) is 12.1 Å². The fourth-order valence-electron chi connectivity index (χ4n) is 1.28. The van der Waals surface area contributed by atoms with E-state index < -0.39 is 0 Å².